The van der Waals surface area contributed by atoms with Crippen molar-refractivity contribution in [3.63, 3.8) is 0 Å². The topological polar surface area (TPSA) is 46.9 Å². The van der Waals surface area contributed by atoms with Crippen molar-refractivity contribution in [3.8, 4) is 0 Å². The van der Waals surface area contributed by atoms with Gasteiger partial charge in [-0.15, -0.1) is 0 Å². The lowest BCUT2D eigenvalue weighted by atomic mass is 10.1. The quantitative estimate of drug-likeness (QED) is 0.918. The Hall–Kier alpha value is -1.84. The third-order valence-corrected chi connectivity index (χ3v) is 3.93. The van der Waals surface area contributed by atoms with Gasteiger partial charge < -0.3 is 4.57 Å². The van der Waals surface area contributed by atoms with E-state index < -0.39 is 0 Å². The van der Waals surface area contributed by atoms with Crippen molar-refractivity contribution in [2.45, 2.75) is 39.2 Å². The van der Waals surface area contributed by atoms with Gasteiger partial charge >= 0.3 is 0 Å². The summed E-state index contributed by atoms with van der Waals surface area (Å²) < 4.78 is 2.06. The zero-order chi connectivity index (χ0) is 13.2. The molecule has 0 atom stereocenters. The minimum Gasteiger partial charge on any atom is -0.310 e. The number of aromatic nitrogens is 2. The Bertz CT molecular complexity index is 596. The van der Waals surface area contributed by atoms with Crippen molar-refractivity contribution in [2.24, 2.45) is 5.92 Å². The van der Waals surface area contributed by atoms with Crippen LogP contribution in [-0.2, 0) is 11.3 Å². The first kappa shape index (κ1) is 12.2. The van der Waals surface area contributed by atoms with Gasteiger partial charge in [0.1, 0.15) is 0 Å². The van der Waals surface area contributed by atoms with Crippen LogP contribution in [0.5, 0.6) is 0 Å². The predicted molar refractivity (Wildman–Crippen MR) is 76.0 cm³/mol. The first-order chi connectivity index (χ1) is 9.29. The molecule has 1 aromatic heterocycles. The fourth-order valence-electron chi connectivity index (χ4n) is 2.89. The number of hydrogen-bond donors (Lipinski definition) is 1. The molecule has 0 bridgehead atoms. The lowest BCUT2D eigenvalue weighted by molar-refractivity contribution is -0.119. The predicted octanol–water partition coefficient (Wildman–Crippen LogP) is 3.18. The molecule has 1 heterocycles. The lowest BCUT2D eigenvalue weighted by Gasteiger charge is -2.11. The lowest BCUT2D eigenvalue weighted by Crippen LogP contribution is -2.22. The number of benzene rings is 1. The highest BCUT2D eigenvalue weighted by Crippen LogP contribution is 2.26. The minimum atomic E-state index is 0.127. The van der Waals surface area contributed by atoms with Crippen LogP contribution in [0.1, 0.15) is 32.6 Å². The van der Waals surface area contributed by atoms with Crippen LogP contribution >= 0.6 is 0 Å². The summed E-state index contributed by atoms with van der Waals surface area (Å²) in [6.07, 6.45) is 4.36. The van der Waals surface area contributed by atoms with Gasteiger partial charge in [-0.05, 0) is 31.9 Å². The number of imidazole rings is 1. The van der Waals surface area contributed by atoms with E-state index in [4.69, 9.17) is 0 Å². The number of carbonyl (C=O) groups excluding carboxylic acids is 1. The molecule has 1 amide bonds. The number of aryl methyl sites for hydroxylation is 1. The molecule has 1 aliphatic rings. The molecular weight excluding hydrogens is 238 g/mol. The number of rotatable bonds is 3. The number of para-hydroxylation sites is 2. The summed E-state index contributed by atoms with van der Waals surface area (Å²) in [5, 5.41) is 3.01. The summed E-state index contributed by atoms with van der Waals surface area (Å²) >= 11 is 0. The van der Waals surface area contributed by atoms with E-state index in [-0.39, 0.29) is 11.8 Å². The Morgan fingerprint density at radius 3 is 2.84 bits per heavy atom. The van der Waals surface area contributed by atoms with E-state index in [0.717, 1.165) is 30.4 Å². The maximum absolute atomic E-state index is 12.2. The zero-order valence-corrected chi connectivity index (χ0v) is 11.2. The molecule has 19 heavy (non-hydrogen) atoms. The highest BCUT2D eigenvalue weighted by Gasteiger charge is 2.24. The molecule has 1 N–H and O–H groups in total. The molecule has 0 radical (unpaired) electrons. The third kappa shape index (κ3) is 2.23. The molecule has 0 spiro atoms. The van der Waals surface area contributed by atoms with Crippen LogP contribution in [-0.4, -0.2) is 15.5 Å². The number of nitrogens with one attached hydrogen (secondary N) is 1. The van der Waals surface area contributed by atoms with E-state index in [2.05, 4.69) is 21.8 Å². The van der Waals surface area contributed by atoms with Gasteiger partial charge in [-0.2, -0.15) is 0 Å². The maximum atomic E-state index is 12.2. The molecule has 100 valence electrons. The Morgan fingerprint density at radius 1 is 1.37 bits per heavy atom. The Kier molecular flexibility index (Phi) is 3.23. The van der Waals surface area contributed by atoms with Gasteiger partial charge in [-0.3, -0.25) is 10.1 Å². The molecule has 1 aromatic carbocycles. The second-order valence-electron chi connectivity index (χ2n) is 5.14. The van der Waals surface area contributed by atoms with Crippen molar-refractivity contribution in [2.75, 3.05) is 5.32 Å². The van der Waals surface area contributed by atoms with E-state index in [0.29, 0.717) is 5.95 Å². The van der Waals surface area contributed by atoms with Crippen LogP contribution in [0.3, 0.4) is 0 Å². The zero-order valence-electron chi connectivity index (χ0n) is 11.2. The Balaban J connectivity index is 1.89. The molecule has 1 aliphatic carbocycles. The van der Waals surface area contributed by atoms with E-state index in [1.807, 2.05) is 24.3 Å². The number of hydrogen-bond acceptors (Lipinski definition) is 2. The smallest absolute Gasteiger partial charge is 0.229 e. The number of carbonyl (C=O) groups is 1. The van der Waals surface area contributed by atoms with Gasteiger partial charge in [-0.25, -0.2) is 4.98 Å². The van der Waals surface area contributed by atoms with Crippen LogP contribution in [0.4, 0.5) is 5.95 Å². The van der Waals surface area contributed by atoms with Crippen molar-refractivity contribution in [1.82, 2.24) is 9.55 Å². The SMILES string of the molecule is CCn1c(NC(=O)C2CCCC2)nc2ccccc21. The summed E-state index contributed by atoms with van der Waals surface area (Å²) in [4.78, 5) is 16.7. The maximum Gasteiger partial charge on any atom is 0.229 e. The van der Waals surface area contributed by atoms with Crippen LogP contribution < -0.4 is 5.32 Å². The summed E-state index contributed by atoms with van der Waals surface area (Å²) in [5.74, 6) is 0.980. The van der Waals surface area contributed by atoms with Crippen LogP contribution in [0, 0.1) is 5.92 Å². The molecule has 0 saturated heterocycles. The van der Waals surface area contributed by atoms with Crippen LogP contribution in [0.25, 0.3) is 11.0 Å². The second kappa shape index (κ2) is 5.03. The normalized spacial score (nSPS) is 16.1. The fourth-order valence-corrected chi connectivity index (χ4v) is 2.89. The third-order valence-electron chi connectivity index (χ3n) is 3.93. The molecule has 1 saturated carbocycles. The van der Waals surface area contributed by atoms with Gasteiger partial charge in [0.25, 0.3) is 0 Å². The number of anilines is 1. The van der Waals surface area contributed by atoms with E-state index >= 15 is 0 Å². The van der Waals surface area contributed by atoms with Crippen LogP contribution in [0.2, 0.25) is 0 Å². The van der Waals surface area contributed by atoms with Crippen molar-refractivity contribution in [1.29, 1.82) is 0 Å². The van der Waals surface area contributed by atoms with Gasteiger partial charge in [0, 0.05) is 12.5 Å². The van der Waals surface area contributed by atoms with Crippen molar-refractivity contribution >= 4 is 22.9 Å². The number of nitrogens with zero attached hydrogens (tertiary/aromatic N) is 2. The average molecular weight is 257 g/mol. The Morgan fingerprint density at radius 2 is 2.11 bits per heavy atom. The summed E-state index contributed by atoms with van der Waals surface area (Å²) in [7, 11) is 0. The summed E-state index contributed by atoms with van der Waals surface area (Å²) in [5.41, 5.74) is 2.01. The average Bonchev–Trinajstić information content (AvgIpc) is 3.05. The number of fused-ring (bicyclic) bond motifs is 1. The Labute approximate surface area is 112 Å². The van der Waals surface area contributed by atoms with Gasteiger partial charge in [0.05, 0.1) is 11.0 Å². The standard InChI is InChI=1S/C15H19N3O/c1-2-18-13-10-6-5-9-12(13)16-15(18)17-14(19)11-7-3-4-8-11/h5-6,9-11H,2-4,7-8H2,1H3,(H,16,17,19). The molecule has 1 fully saturated rings. The number of amides is 1. The van der Waals surface area contributed by atoms with Crippen molar-refractivity contribution in [3.05, 3.63) is 24.3 Å². The molecule has 4 heteroatoms. The van der Waals surface area contributed by atoms with Gasteiger partial charge in [0.2, 0.25) is 11.9 Å². The molecule has 3 rings (SSSR count). The van der Waals surface area contributed by atoms with Crippen molar-refractivity contribution < 1.29 is 4.79 Å². The highest BCUT2D eigenvalue weighted by atomic mass is 16.2. The van der Waals surface area contributed by atoms with E-state index in [1.54, 1.807) is 0 Å². The molecule has 0 aliphatic heterocycles. The second-order valence-corrected chi connectivity index (χ2v) is 5.14. The minimum absolute atomic E-state index is 0.127. The molecular formula is C15H19N3O. The first-order valence-electron chi connectivity index (χ1n) is 7.05. The summed E-state index contributed by atoms with van der Waals surface area (Å²) in [6, 6.07) is 7.99. The monoisotopic (exact) mass is 257 g/mol. The van der Waals surface area contributed by atoms with Crippen LogP contribution in [0.15, 0.2) is 24.3 Å². The van der Waals surface area contributed by atoms with E-state index in [9.17, 15) is 4.79 Å². The largest absolute Gasteiger partial charge is 0.310 e. The van der Waals surface area contributed by atoms with E-state index in [1.165, 1.54) is 12.8 Å². The molecule has 4 nitrogen and oxygen atoms in total. The molecule has 2 aromatic rings. The fraction of sp³-hybridized carbons (Fsp3) is 0.467. The summed E-state index contributed by atoms with van der Waals surface area (Å²) in [6.45, 7) is 2.88. The molecule has 0 unspecified atom stereocenters. The highest BCUT2D eigenvalue weighted by molar-refractivity contribution is 5.93. The first-order valence-corrected chi connectivity index (χ1v) is 7.05. The van der Waals surface area contributed by atoms with Gasteiger partial charge in [-0.1, -0.05) is 25.0 Å². The van der Waals surface area contributed by atoms with Gasteiger partial charge in [0.15, 0.2) is 0 Å².